The Morgan fingerprint density at radius 3 is 2.06 bits per heavy atom. The summed E-state index contributed by atoms with van der Waals surface area (Å²) in [6, 6.07) is 6.06. The van der Waals surface area contributed by atoms with Gasteiger partial charge < -0.3 is 10.2 Å². The molecule has 0 bridgehead atoms. The third kappa shape index (κ3) is 10.1. The van der Waals surface area contributed by atoms with Crippen molar-refractivity contribution in [1.82, 2.24) is 9.62 Å². The highest BCUT2D eigenvalue weighted by atomic mass is 127. The first-order chi connectivity index (χ1) is 16.4. The predicted molar refractivity (Wildman–Crippen MR) is 145 cm³/mol. The van der Waals surface area contributed by atoms with Crippen LogP contribution < -0.4 is 14.8 Å². The molecule has 0 atom stereocenters. The second-order valence-corrected chi connectivity index (χ2v) is 12.0. The van der Waals surface area contributed by atoms with Crippen LogP contribution in [0.5, 0.6) is 0 Å². The molecule has 0 aliphatic heterocycles. The molecule has 0 heterocycles. The molecule has 2 aromatic carbocycles. The highest BCUT2D eigenvalue weighted by Crippen LogP contribution is 2.32. The van der Waals surface area contributed by atoms with Gasteiger partial charge in [-0.05, 0) is 90.7 Å². The normalized spacial score (nSPS) is 12.1. The first-order valence-corrected chi connectivity index (χ1v) is 14.1. The lowest BCUT2D eigenvalue weighted by molar-refractivity contribution is 0.247. The van der Waals surface area contributed by atoms with E-state index in [1.807, 2.05) is 22.6 Å². The van der Waals surface area contributed by atoms with E-state index in [1.165, 1.54) is 12.1 Å². The highest BCUT2D eigenvalue weighted by Gasteiger charge is 2.20. The van der Waals surface area contributed by atoms with E-state index in [0.29, 0.717) is 22.0 Å². The number of halogens is 4. The highest BCUT2D eigenvalue weighted by molar-refractivity contribution is 14.1. The molecule has 0 spiro atoms. The minimum absolute atomic E-state index is 0.116. The second-order valence-electron chi connectivity index (χ2n) is 9.24. The van der Waals surface area contributed by atoms with Gasteiger partial charge in [0.05, 0.1) is 11.4 Å². The topological polar surface area (TPSA) is 73.5 Å². The lowest BCUT2D eigenvalue weighted by Crippen LogP contribution is -2.38. The van der Waals surface area contributed by atoms with Crippen molar-refractivity contribution >= 4 is 49.9 Å². The zero-order chi connectivity index (χ0) is 26.2. The van der Waals surface area contributed by atoms with Gasteiger partial charge in [0, 0.05) is 16.7 Å². The van der Waals surface area contributed by atoms with E-state index < -0.39 is 33.3 Å². The molecular formula is C24H34F3IN4O2S. The maximum Gasteiger partial charge on any atom is 0.299 e. The van der Waals surface area contributed by atoms with Gasteiger partial charge in [0.15, 0.2) is 11.6 Å². The molecule has 3 N–H and O–H groups in total. The Morgan fingerprint density at radius 1 is 0.886 bits per heavy atom. The van der Waals surface area contributed by atoms with Crippen LogP contribution in [-0.2, 0) is 10.2 Å². The summed E-state index contributed by atoms with van der Waals surface area (Å²) in [6.07, 6.45) is 2.00. The quantitative estimate of drug-likeness (QED) is 0.222. The summed E-state index contributed by atoms with van der Waals surface area (Å²) in [5.74, 6) is -2.13. The fourth-order valence-electron chi connectivity index (χ4n) is 3.22. The summed E-state index contributed by atoms with van der Waals surface area (Å²) in [5, 5.41) is 2.47. The molecular weight excluding hydrogens is 592 g/mol. The Labute approximate surface area is 220 Å². The van der Waals surface area contributed by atoms with Crippen LogP contribution in [0.1, 0.15) is 40.5 Å². The summed E-state index contributed by atoms with van der Waals surface area (Å²) >= 11 is 1.92. The van der Waals surface area contributed by atoms with Crippen molar-refractivity contribution in [3.05, 3.63) is 51.4 Å². The van der Waals surface area contributed by atoms with Gasteiger partial charge >= 0.3 is 0 Å². The minimum Gasteiger partial charge on any atom is -0.349 e. The molecule has 0 saturated heterocycles. The van der Waals surface area contributed by atoms with E-state index in [9.17, 15) is 21.6 Å². The van der Waals surface area contributed by atoms with Crippen molar-refractivity contribution in [1.29, 1.82) is 0 Å². The third-order valence-corrected chi connectivity index (χ3v) is 7.04. The average Bonchev–Trinajstić information content (AvgIpc) is 2.75. The van der Waals surface area contributed by atoms with Gasteiger partial charge in [-0.3, -0.25) is 4.72 Å². The summed E-state index contributed by atoms with van der Waals surface area (Å²) in [5.41, 5.74) is -0.869. The smallest absolute Gasteiger partial charge is 0.299 e. The van der Waals surface area contributed by atoms with Crippen molar-refractivity contribution in [3.63, 3.8) is 0 Å². The molecule has 35 heavy (non-hydrogen) atoms. The van der Waals surface area contributed by atoms with E-state index in [0.717, 1.165) is 38.1 Å². The van der Waals surface area contributed by atoms with Crippen LogP contribution in [0.15, 0.2) is 30.3 Å². The van der Waals surface area contributed by atoms with E-state index in [-0.39, 0.29) is 17.9 Å². The summed E-state index contributed by atoms with van der Waals surface area (Å²) in [6.45, 7) is 10.9. The fourth-order valence-corrected chi connectivity index (χ4v) is 4.56. The van der Waals surface area contributed by atoms with Gasteiger partial charge in [0.25, 0.3) is 10.2 Å². The fraction of sp³-hybridized carbons (Fsp3) is 0.500. The van der Waals surface area contributed by atoms with Crippen molar-refractivity contribution in [2.45, 2.75) is 40.5 Å². The van der Waals surface area contributed by atoms with Crippen LogP contribution in [0, 0.1) is 32.9 Å². The van der Waals surface area contributed by atoms with Crippen molar-refractivity contribution < 1.29 is 21.6 Å². The Kier molecular flexibility index (Phi) is 11.6. The average molecular weight is 627 g/mol. The van der Waals surface area contributed by atoms with Crippen LogP contribution in [-0.4, -0.2) is 39.5 Å². The molecule has 2 rings (SSSR count). The second kappa shape index (κ2) is 13.7. The molecule has 0 radical (unpaired) electrons. The zero-order valence-electron chi connectivity index (χ0n) is 20.5. The van der Waals surface area contributed by atoms with Crippen LogP contribution in [0.2, 0.25) is 0 Å². The monoisotopic (exact) mass is 626 g/mol. The van der Waals surface area contributed by atoms with Crippen molar-refractivity contribution in [2.75, 3.05) is 36.2 Å². The number of nitrogens with zero attached hydrogens (tertiary/aromatic N) is 1. The Bertz CT molecular complexity index is 1070. The molecule has 196 valence electrons. The van der Waals surface area contributed by atoms with E-state index in [2.05, 4.69) is 47.4 Å². The first-order valence-electron chi connectivity index (χ1n) is 11.6. The number of hydrogen-bond acceptors (Lipinski definition) is 4. The standard InChI is InChI=1S/C24H34F3IN4O2S/c1-16(2)9-12-32(13-10-17(3)4)14-11-29-35(33,34)31-22-8-6-19(25)23(27)24(22)30-21-7-5-18(28)15-20(21)26/h5-8,15-17,29-31H,9-14H2,1-4H3. The third-order valence-electron chi connectivity index (χ3n) is 5.30. The van der Waals surface area contributed by atoms with Gasteiger partial charge in [-0.2, -0.15) is 13.1 Å². The number of nitrogens with one attached hydrogen (secondary N) is 3. The minimum atomic E-state index is -4.10. The molecule has 2 aromatic rings. The van der Waals surface area contributed by atoms with Crippen LogP contribution in [0.4, 0.5) is 30.2 Å². The van der Waals surface area contributed by atoms with Gasteiger partial charge in [-0.25, -0.2) is 13.2 Å². The molecule has 0 saturated carbocycles. The Morgan fingerprint density at radius 2 is 1.49 bits per heavy atom. The largest absolute Gasteiger partial charge is 0.349 e. The molecule has 0 amide bonds. The Hall–Kier alpha value is -1.57. The molecule has 0 aliphatic rings. The van der Waals surface area contributed by atoms with Gasteiger partial charge in [-0.15, -0.1) is 0 Å². The van der Waals surface area contributed by atoms with E-state index in [4.69, 9.17) is 0 Å². The molecule has 0 fully saturated rings. The van der Waals surface area contributed by atoms with Gasteiger partial charge in [0.2, 0.25) is 0 Å². The first kappa shape index (κ1) is 29.7. The molecule has 6 nitrogen and oxygen atoms in total. The van der Waals surface area contributed by atoms with Crippen LogP contribution in [0.3, 0.4) is 0 Å². The van der Waals surface area contributed by atoms with Gasteiger partial charge in [0.1, 0.15) is 11.5 Å². The van der Waals surface area contributed by atoms with Crippen LogP contribution >= 0.6 is 22.6 Å². The number of rotatable bonds is 14. The lowest BCUT2D eigenvalue weighted by atomic mass is 10.1. The van der Waals surface area contributed by atoms with Crippen molar-refractivity contribution in [2.24, 2.45) is 11.8 Å². The predicted octanol–water partition coefficient (Wildman–Crippen LogP) is 6.09. The lowest BCUT2D eigenvalue weighted by Gasteiger charge is -2.24. The van der Waals surface area contributed by atoms with Crippen molar-refractivity contribution in [3.8, 4) is 0 Å². The zero-order valence-corrected chi connectivity index (χ0v) is 23.4. The summed E-state index contributed by atoms with van der Waals surface area (Å²) in [7, 11) is -4.10. The summed E-state index contributed by atoms with van der Waals surface area (Å²) in [4.78, 5) is 2.21. The molecule has 11 heteroatoms. The Balaban J connectivity index is 2.11. The SMILES string of the molecule is CC(C)CCN(CCNS(=O)(=O)Nc1ccc(F)c(F)c1Nc1ccc(I)cc1F)CCC(C)C. The number of hydrogen-bond donors (Lipinski definition) is 3. The molecule has 0 aromatic heterocycles. The van der Waals surface area contributed by atoms with E-state index in [1.54, 1.807) is 6.07 Å². The molecule has 0 aliphatic carbocycles. The van der Waals surface area contributed by atoms with Crippen LogP contribution in [0.25, 0.3) is 0 Å². The summed E-state index contributed by atoms with van der Waals surface area (Å²) < 4.78 is 73.4. The van der Waals surface area contributed by atoms with E-state index >= 15 is 0 Å². The number of anilines is 3. The maximum absolute atomic E-state index is 14.6. The molecule has 0 unspecified atom stereocenters. The van der Waals surface area contributed by atoms with Gasteiger partial charge in [-0.1, -0.05) is 27.7 Å². The number of benzene rings is 2. The maximum atomic E-state index is 14.6.